The van der Waals surface area contributed by atoms with Crippen molar-refractivity contribution in [1.29, 1.82) is 0 Å². The van der Waals surface area contributed by atoms with Gasteiger partial charge in [-0.3, -0.25) is 10.1 Å². The number of rotatable bonds is 4. The van der Waals surface area contributed by atoms with E-state index in [4.69, 9.17) is 23.2 Å². The molecule has 25 heavy (non-hydrogen) atoms. The van der Waals surface area contributed by atoms with Gasteiger partial charge in [-0.15, -0.1) is 11.3 Å². The zero-order chi connectivity index (χ0) is 18.0. The molecular formula is C16H11Cl2N3O3S. The fraction of sp³-hybridized carbons (Fsp3) is 0.0625. The number of amides is 1. The highest BCUT2D eigenvalue weighted by atomic mass is 35.5. The number of aromatic nitrogens is 2. The van der Waals surface area contributed by atoms with Gasteiger partial charge in [0.15, 0.2) is 5.13 Å². The molecule has 3 aromatic rings. The largest absolute Gasteiger partial charge is 0.464 e. The van der Waals surface area contributed by atoms with Crippen LogP contribution in [0.3, 0.4) is 0 Å². The van der Waals surface area contributed by atoms with Crippen LogP contribution in [-0.4, -0.2) is 29.0 Å². The molecule has 9 heteroatoms. The fourth-order valence-corrected chi connectivity index (χ4v) is 3.05. The molecule has 2 aromatic heterocycles. The van der Waals surface area contributed by atoms with Crippen molar-refractivity contribution < 1.29 is 14.3 Å². The molecule has 0 aliphatic carbocycles. The number of esters is 1. The first-order chi connectivity index (χ1) is 12.0. The monoisotopic (exact) mass is 395 g/mol. The third kappa shape index (κ3) is 3.84. The van der Waals surface area contributed by atoms with Crippen LogP contribution in [0.2, 0.25) is 10.0 Å². The zero-order valence-electron chi connectivity index (χ0n) is 12.8. The molecule has 6 nitrogen and oxygen atoms in total. The number of carbonyl (C=O) groups is 2. The summed E-state index contributed by atoms with van der Waals surface area (Å²) < 4.78 is 4.65. The molecule has 1 aromatic carbocycles. The highest BCUT2D eigenvalue weighted by Crippen LogP contribution is 2.27. The lowest BCUT2D eigenvalue weighted by molar-refractivity contribution is 0.0594. The predicted molar refractivity (Wildman–Crippen MR) is 97.7 cm³/mol. The Hall–Kier alpha value is -2.35. The number of ether oxygens (including phenoxy) is 1. The SMILES string of the molecule is COC(=O)c1cc(-c2csc(NC(=O)c3ccc(Cl)c(Cl)c3)n2)c[nH]1. The maximum atomic E-state index is 12.2. The number of methoxy groups -OCH3 is 1. The van der Waals surface area contributed by atoms with Crippen molar-refractivity contribution in [1.82, 2.24) is 9.97 Å². The normalized spacial score (nSPS) is 10.5. The van der Waals surface area contributed by atoms with Gasteiger partial charge in [-0.1, -0.05) is 23.2 Å². The minimum atomic E-state index is -0.463. The fourth-order valence-electron chi connectivity index (χ4n) is 2.04. The van der Waals surface area contributed by atoms with Gasteiger partial charge < -0.3 is 9.72 Å². The van der Waals surface area contributed by atoms with Crippen LogP contribution in [0, 0.1) is 0 Å². The molecule has 0 unspecified atom stereocenters. The molecule has 128 valence electrons. The van der Waals surface area contributed by atoms with Crippen molar-refractivity contribution in [2.75, 3.05) is 12.4 Å². The number of aromatic amines is 1. The maximum absolute atomic E-state index is 12.2. The number of anilines is 1. The summed E-state index contributed by atoms with van der Waals surface area (Å²) in [7, 11) is 1.31. The zero-order valence-corrected chi connectivity index (χ0v) is 15.1. The second kappa shape index (κ2) is 7.26. The predicted octanol–water partition coefficient (Wildman–Crippen LogP) is 4.48. The number of halogens is 2. The van der Waals surface area contributed by atoms with Crippen LogP contribution >= 0.6 is 34.5 Å². The van der Waals surface area contributed by atoms with Crippen LogP contribution in [0.5, 0.6) is 0 Å². The summed E-state index contributed by atoms with van der Waals surface area (Å²) in [6.45, 7) is 0. The van der Waals surface area contributed by atoms with Gasteiger partial charge in [-0.2, -0.15) is 0 Å². The first-order valence-corrected chi connectivity index (χ1v) is 8.60. The molecule has 0 saturated heterocycles. The number of nitrogens with zero attached hydrogens (tertiary/aromatic N) is 1. The van der Waals surface area contributed by atoms with Crippen molar-refractivity contribution in [3.8, 4) is 11.3 Å². The van der Waals surface area contributed by atoms with E-state index in [1.54, 1.807) is 29.8 Å². The average Bonchev–Trinajstić information content (AvgIpc) is 3.25. The summed E-state index contributed by atoms with van der Waals surface area (Å²) in [5, 5.41) is 5.58. The second-order valence-corrected chi connectivity index (χ2v) is 6.59. The molecule has 0 aliphatic rings. The minimum Gasteiger partial charge on any atom is -0.464 e. The van der Waals surface area contributed by atoms with E-state index in [9.17, 15) is 9.59 Å². The van der Waals surface area contributed by atoms with Crippen LogP contribution in [0.4, 0.5) is 5.13 Å². The Labute approximate surface area is 156 Å². The van der Waals surface area contributed by atoms with Crippen molar-refractivity contribution >= 4 is 51.5 Å². The molecular weight excluding hydrogens is 385 g/mol. The maximum Gasteiger partial charge on any atom is 0.354 e. The summed E-state index contributed by atoms with van der Waals surface area (Å²) in [5.74, 6) is -0.807. The second-order valence-electron chi connectivity index (χ2n) is 4.91. The van der Waals surface area contributed by atoms with Crippen LogP contribution in [-0.2, 0) is 4.74 Å². The van der Waals surface area contributed by atoms with Gasteiger partial charge in [0.2, 0.25) is 0 Å². The molecule has 3 rings (SSSR count). The molecule has 1 amide bonds. The third-order valence-electron chi connectivity index (χ3n) is 3.29. The molecule has 0 bridgehead atoms. The molecule has 0 fully saturated rings. The lowest BCUT2D eigenvalue weighted by atomic mass is 10.2. The summed E-state index contributed by atoms with van der Waals surface area (Å²) in [6.07, 6.45) is 1.64. The topological polar surface area (TPSA) is 84.1 Å². The van der Waals surface area contributed by atoms with Gasteiger partial charge in [-0.25, -0.2) is 9.78 Å². The smallest absolute Gasteiger partial charge is 0.354 e. The van der Waals surface area contributed by atoms with Crippen LogP contribution in [0.1, 0.15) is 20.8 Å². The summed E-state index contributed by atoms with van der Waals surface area (Å²) in [6, 6.07) is 6.25. The lowest BCUT2D eigenvalue weighted by Gasteiger charge is -2.03. The molecule has 2 heterocycles. The number of benzene rings is 1. The van der Waals surface area contributed by atoms with Crippen molar-refractivity contribution in [3.05, 3.63) is 57.1 Å². The first-order valence-electron chi connectivity index (χ1n) is 6.97. The Balaban J connectivity index is 1.75. The molecule has 0 saturated carbocycles. The van der Waals surface area contributed by atoms with E-state index in [1.165, 1.54) is 24.5 Å². The van der Waals surface area contributed by atoms with E-state index < -0.39 is 5.97 Å². The number of hydrogen-bond acceptors (Lipinski definition) is 5. The standard InChI is InChI=1S/C16H11Cl2N3O3S/c1-24-15(23)12-5-9(6-19-12)13-7-25-16(20-13)21-14(22)8-2-3-10(17)11(18)4-8/h2-7,19H,1H3,(H,20,21,22). The van der Waals surface area contributed by atoms with Gasteiger partial charge >= 0.3 is 5.97 Å². The number of nitrogens with one attached hydrogen (secondary N) is 2. The van der Waals surface area contributed by atoms with E-state index in [0.29, 0.717) is 37.7 Å². The lowest BCUT2D eigenvalue weighted by Crippen LogP contribution is -2.11. The van der Waals surface area contributed by atoms with Crippen LogP contribution in [0.15, 0.2) is 35.8 Å². The molecule has 0 spiro atoms. The van der Waals surface area contributed by atoms with E-state index >= 15 is 0 Å². The van der Waals surface area contributed by atoms with Gasteiger partial charge in [0.25, 0.3) is 5.91 Å². The average molecular weight is 396 g/mol. The molecule has 0 aliphatic heterocycles. The van der Waals surface area contributed by atoms with E-state index in [-0.39, 0.29) is 5.91 Å². The Morgan fingerprint density at radius 2 is 2.04 bits per heavy atom. The Morgan fingerprint density at radius 1 is 1.24 bits per heavy atom. The van der Waals surface area contributed by atoms with Crippen LogP contribution in [0.25, 0.3) is 11.3 Å². The van der Waals surface area contributed by atoms with Gasteiger partial charge in [0, 0.05) is 22.7 Å². The third-order valence-corrected chi connectivity index (χ3v) is 4.79. The van der Waals surface area contributed by atoms with Gasteiger partial charge in [0.05, 0.1) is 22.8 Å². The summed E-state index contributed by atoms with van der Waals surface area (Å²) in [4.78, 5) is 30.9. The highest BCUT2D eigenvalue weighted by molar-refractivity contribution is 7.14. The summed E-state index contributed by atoms with van der Waals surface area (Å²) >= 11 is 13.0. The van der Waals surface area contributed by atoms with Gasteiger partial charge in [0.1, 0.15) is 5.69 Å². The van der Waals surface area contributed by atoms with E-state index in [2.05, 4.69) is 20.0 Å². The first kappa shape index (κ1) is 17.5. The molecule has 0 atom stereocenters. The van der Waals surface area contributed by atoms with Crippen molar-refractivity contribution in [2.24, 2.45) is 0 Å². The minimum absolute atomic E-state index is 0.303. The highest BCUT2D eigenvalue weighted by Gasteiger charge is 2.14. The number of carbonyl (C=O) groups excluding carboxylic acids is 2. The number of thiazole rings is 1. The number of H-pyrrole nitrogens is 1. The van der Waals surface area contributed by atoms with E-state index in [1.807, 2.05) is 0 Å². The van der Waals surface area contributed by atoms with E-state index in [0.717, 1.165) is 0 Å². The quantitative estimate of drug-likeness (QED) is 0.637. The Kier molecular flexibility index (Phi) is 5.08. The molecule has 0 radical (unpaired) electrons. The number of hydrogen-bond donors (Lipinski definition) is 2. The Bertz CT molecular complexity index is 952. The molecule has 2 N–H and O–H groups in total. The van der Waals surface area contributed by atoms with Crippen molar-refractivity contribution in [2.45, 2.75) is 0 Å². The van der Waals surface area contributed by atoms with Gasteiger partial charge in [-0.05, 0) is 24.3 Å². The summed E-state index contributed by atoms with van der Waals surface area (Å²) in [5.41, 5.74) is 2.04. The van der Waals surface area contributed by atoms with Crippen molar-refractivity contribution in [3.63, 3.8) is 0 Å². The van der Waals surface area contributed by atoms with Crippen LogP contribution < -0.4 is 5.32 Å². The Morgan fingerprint density at radius 3 is 2.76 bits per heavy atom.